The van der Waals surface area contributed by atoms with Crippen molar-refractivity contribution in [2.45, 2.75) is 71.6 Å². The Labute approximate surface area is 254 Å². The minimum absolute atomic E-state index is 0.103. The van der Waals surface area contributed by atoms with Crippen LogP contribution in [0.3, 0.4) is 0 Å². The number of carbonyl (C=O) groups excluding carboxylic acids is 4. The largest absolute Gasteiger partial charge is 0.481 e. The Kier molecular flexibility index (Phi) is 12.1. The molecule has 3 amide bonds. The molecule has 2 aromatic carbocycles. The number of benzene rings is 2. The second-order valence-corrected chi connectivity index (χ2v) is 10.7. The van der Waals surface area contributed by atoms with Crippen LogP contribution >= 0.6 is 0 Å². The number of hydrogen-bond acceptors (Lipinski definition) is 9. The number of rotatable bonds is 16. The Balaban J connectivity index is 1.59. The van der Waals surface area contributed by atoms with Crippen LogP contribution in [0.25, 0.3) is 0 Å². The number of hydrogen-bond donors (Lipinski definition) is 4. The standard InChI is InChI=1S/C30H37N7O7/c1-18(2)27(33-25(39)15-12-21-8-6-5-7-9-21)29(43)31-20(4)28(42)32-23(16-26(40)41)24(38)17-37-30(34-35-36-37)44-22-13-10-19(3)11-14-22/h5-11,13-14,18,20,23,27H,12,15-17H2,1-4H3,(H,31,43)(H,32,42)(H,33,39)(H,40,41). The summed E-state index contributed by atoms with van der Waals surface area (Å²) >= 11 is 0. The van der Waals surface area contributed by atoms with Crippen molar-refractivity contribution in [1.82, 2.24) is 36.2 Å². The molecular weight excluding hydrogens is 570 g/mol. The summed E-state index contributed by atoms with van der Waals surface area (Å²) < 4.78 is 6.67. The molecule has 0 aliphatic rings. The van der Waals surface area contributed by atoms with Gasteiger partial charge in [-0.25, -0.2) is 0 Å². The van der Waals surface area contributed by atoms with Crippen molar-refractivity contribution in [1.29, 1.82) is 0 Å². The predicted molar refractivity (Wildman–Crippen MR) is 157 cm³/mol. The summed E-state index contributed by atoms with van der Waals surface area (Å²) in [5, 5.41) is 28.0. The summed E-state index contributed by atoms with van der Waals surface area (Å²) in [6, 6.07) is 12.8. The maximum absolute atomic E-state index is 13.1. The van der Waals surface area contributed by atoms with Crippen molar-refractivity contribution in [2.24, 2.45) is 5.92 Å². The van der Waals surface area contributed by atoms with E-state index >= 15 is 0 Å². The van der Waals surface area contributed by atoms with Gasteiger partial charge in [0, 0.05) is 6.42 Å². The molecule has 3 rings (SSSR count). The Morgan fingerprint density at radius 3 is 2.23 bits per heavy atom. The molecule has 14 nitrogen and oxygen atoms in total. The average molecular weight is 608 g/mol. The van der Waals surface area contributed by atoms with Gasteiger partial charge in [0.05, 0.1) is 12.5 Å². The second kappa shape index (κ2) is 15.9. The van der Waals surface area contributed by atoms with Crippen LogP contribution in [0.1, 0.15) is 44.7 Å². The second-order valence-electron chi connectivity index (χ2n) is 10.7. The number of ether oxygens (including phenoxy) is 1. The van der Waals surface area contributed by atoms with Crippen LogP contribution in [-0.4, -0.2) is 72.9 Å². The van der Waals surface area contributed by atoms with Crippen LogP contribution in [0.4, 0.5) is 0 Å². The number of amides is 3. The molecule has 0 aliphatic carbocycles. The maximum atomic E-state index is 13.1. The van der Waals surface area contributed by atoms with Gasteiger partial charge in [0.1, 0.15) is 24.4 Å². The van der Waals surface area contributed by atoms with Crippen molar-refractivity contribution in [3.63, 3.8) is 0 Å². The normalized spacial score (nSPS) is 12.9. The first-order valence-electron chi connectivity index (χ1n) is 14.1. The van der Waals surface area contributed by atoms with Gasteiger partial charge in [-0.1, -0.05) is 67.0 Å². The highest BCUT2D eigenvalue weighted by molar-refractivity contribution is 5.95. The molecular formula is C30H37N7O7. The Morgan fingerprint density at radius 2 is 1.59 bits per heavy atom. The Hall–Kier alpha value is -5.14. The number of carboxylic acid groups (broad SMARTS) is 1. The molecule has 0 fully saturated rings. The van der Waals surface area contributed by atoms with E-state index in [0.717, 1.165) is 15.8 Å². The van der Waals surface area contributed by atoms with E-state index in [0.29, 0.717) is 12.2 Å². The van der Waals surface area contributed by atoms with E-state index in [2.05, 4.69) is 31.5 Å². The van der Waals surface area contributed by atoms with Crippen molar-refractivity contribution in [3.05, 3.63) is 65.7 Å². The predicted octanol–water partition coefficient (Wildman–Crippen LogP) is 1.58. The minimum Gasteiger partial charge on any atom is -0.481 e. The molecule has 0 aliphatic heterocycles. The van der Waals surface area contributed by atoms with Crippen LogP contribution in [0.2, 0.25) is 0 Å². The number of nitrogens with one attached hydrogen (secondary N) is 3. The van der Waals surface area contributed by atoms with Crippen molar-refractivity contribution in [3.8, 4) is 11.8 Å². The van der Waals surface area contributed by atoms with Gasteiger partial charge in [-0.05, 0) is 54.3 Å². The van der Waals surface area contributed by atoms with Crippen LogP contribution in [0.5, 0.6) is 11.8 Å². The summed E-state index contributed by atoms with van der Waals surface area (Å²) in [4.78, 5) is 63.1. The molecule has 44 heavy (non-hydrogen) atoms. The lowest BCUT2D eigenvalue weighted by Crippen LogP contribution is -2.56. The van der Waals surface area contributed by atoms with Gasteiger partial charge in [0.25, 0.3) is 0 Å². The topological polar surface area (TPSA) is 194 Å². The number of ketones is 1. The van der Waals surface area contributed by atoms with E-state index in [4.69, 9.17) is 4.74 Å². The number of aromatic nitrogens is 4. The van der Waals surface area contributed by atoms with E-state index < -0.39 is 54.7 Å². The van der Waals surface area contributed by atoms with E-state index in [1.165, 1.54) is 6.92 Å². The zero-order valence-corrected chi connectivity index (χ0v) is 25.0. The molecule has 4 N–H and O–H groups in total. The summed E-state index contributed by atoms with van der Waals surface area (Å²) in [6.45, 7) is 6.31. The monoisotopic (exact) mass is 607 g/mol. The number of aryl methyl sites for hydroxylation is 2. The van der Waals surface area contributed by atoms with Crippen LogP contribution in [0.15, 0.2) is 54.6 Å². The molecule has 1 heterocycles. The molecule has 1 aromatic heterocycles. The lowest BCUT2D eigenvalue weighted by molar-refractivity contribution is -0.140. The first kappa shape index (κ1) is 33.4. The molecule has 14 heteroatoms. The third kappa shape index (κ3) is 10.3. The zero-order chi connectivity index (χ0) is 32.2. The van der Waals surface area contributed by atoms with Gasteiger partial charge >= 0.3 is 12.0 Å². The number of tetrazole rings is 1. The van der Waals surface area contributed by atoms with Gasteiger partial charge in [0.2, 0.25) is 17.7 Å². The van der Waals surface area contributed by atoms with Crippen LogP contribution in [-0.2, 0) is 36.9 Å². The molecule has 234 valence electrons. The quantitative estimate of drug-likeness (QED) is 0.186. The Morgan fingerprint density at radius 1 is 0.909 bits per heavy atom. The first-order valence-corrected chi connectivity index (χ1v) is 14.1. The van der Waals surface area contributed by atoms with Crippen molar-refractivity contribution >= 4 is 29.5 Å². The molecule has 0 saturated heterocycles. The van der Waals surface area contributed by atoms with Gasteiger partial charge < -0.3 is 25.8 Å². The number of aliphatic carboxylic acids is 1. The fraction of sp³-hybridized carbons (Fsp3) is 0.400. The number of carboxylic acids is 1. The summed E-state index contributed by atoms with van der Waals surface area (Å²) in [6.07, 6.45) is -0.0383. The Bertz CT molecular complexity index is 1440. The number of carbonyl (C=O) groups is 5. The van der Waals surface area contributed by atoms with Gasteiger partial charge in [-0.15, -0.1) is 0 Å². The highest BCUT2D eigenvalue weighted by atomic mass is 16.5. The molecule has 3 unspecified atom stereocenters. The van der Waals surface area contributed by atoms with Crippen molar-refractivity contribution in [2.75, 3.05) is 0 Å². The molecule has 0 saturated carbocycles. The summed E-state index contributed by atoms with van der Waals surface area (Å²) in [5.74, 6) is -3.60. The fourth-order valence-electron chi connectivity index (χ4n) is 4.11. The maximum Gasteiger partial charge on any atom is 0.341 e. The zero-order valence-electron chi connectivity index (χ0n) is 25.0. The lowest BCUT2D eigenvalue weighted by Gasteiger charge is -2.25. The molecule has 0 radical (unpaired) electrons. The van der Waals surface area contributed by atoms with Crippen LogP contribution < -0.4 is 20.7 Å². The first-order chi connectivity index (χ1) is 20.9. The number of Topliss-reactive ketones (excluding diaryl/α,β-unsaturated/α-hetero) is 1. The summed E-state index contributed by atoms with van der Waals surface area (Å²) in [7, 11) is 0. The van der Waals surface area contributed by atoms with E-state index in [9.17, 15) is 29.1 Å². The van der Waals surface area contributed by atoms with Crippen LogP contribution in [0, 0.1) is 12.8 Å². The molecule has 3 aromatic rings. The SMILES string of the molecule is Cc1ccc(Oc2nnnn2CC(=O)C(CC(=O)O)NC(=O)C(C)NC(=O)C(NC(=O)CCc2ccccc2)C(C)C)cc1. The average Bonchev–Trinajstić information content (AvgIpc) is 3.41. The third-order valence-corrected chi connectivity index (χ3v) is 6.62. The smallest absolute Gasteiger partial charge is 0.341 e. The highest BCUT2D eigenvalue weighted by Crippen LogP contribution is 2.19. The van der Waals surface area contributed by atoms with E-state index in [-0.39, 0.29) is 24.3 Å². The lowest BCUT2D eigenvalue weighted by atomic mass is 10.0. The van der Waals surface area contributed by atoms with E-state index in [1.54, 1.807) is 26.0 Å². The molecule has 3 atom stereocenters. The van der Waals surface area contributed by atoms with E-state index in [1.807, 2.05) is 49.4 Å². The fourth-order valence-corrected chi connectivity index (χ4v) is 4.11. The highest BCUT2D eigenvalue weighted by Gasteiger charge is 2.30. The minimum atomic E-state index is -1.45. The molecule has 0 spiro atoms. The molecule has 0 bridgehead atoms. The summed E-state index contributed by atoms with van der Waals surface area (Å²) in [5.41, 5.74) is 1.99. The third-order valence-electron chi connectivity index (χ3n) is 6.62. The van der Waals surface area contributed by atoms with Gasteiger partial charge in [-0.2, -0.15) is 4.68 Å². The van der Waals surface area contributed by atoms with Crippen molar-refractivity contribution < 1.29 is 33.8 Å². The van der Waals surface area contributed by atoms with Gasteiger partial charge in [0.15, 0.2) is 5.78 Å². The van der Waals surface area contributed by atoms with Gasteiger partial charge in [-0.3, -0.25) is 24.0 Å². The number of nitrogens with zero attached hydrogens (tertiary/aromatic N) is 4.